The first kappa shape index (κ1) is 14.4. The second-order valence-electron chi connectivity index (χ2n) is 5.89. The molecule has 1 aromatic heterocycles. The summed E-state index contributed by atoms with van der Waals surface area (Å²) < 4.78 is 6.91. The van der Waals surface area contributed by atoms with Crippen LogP contribution in [0.3, 0.4) is 0 Å². The van der Waals surface area contributed by atoms with Crippen LogP contribution >= 0.6 is 0 Å². The van der Waals surface area contributed by atoms with Crippen LogP contribution in [0.25, 0.3) is 11.1 Å². The van der Waals surface area contributed by atoms with Crippen LogP contribution < -0.4 is 5.76 Å². The summed E-state index contributed by atoms with van der Waals surface area (Å²) >= 11 is 0. The van der Waals surface area contributed by atoms with E-state index < -0.39 is 0 Å². The van der Waals surface area contributed by atoms with Gasteiger partial charge in [-0.05, 0) is 32.0 Å². The third-order valence-electron chi connectivity index (χ3n) is 4.51. The van der Waals surface area contributed by atoms with Crippen molar-refractivity contribution in [2.75, 3.05) is 13.6 Å². The van der Waals surface area contributed by atoms with Gasteiger partial charge in [0.25, 0.3) is 0 Å². The third kappa shape index (κ3) is 2.89. The Balaban J connectivity index is 1.71. The van der Waals surface area contributed by atoms with E-state index in [1.54, 1.807) is 4.57 Å². The number of nitrogens with zero attached hydrogens (tertiary/aromatic N) is 2. The van der Waals surface area contributed by atoms with Crippen molar-refractivity contribution in [2.24, 2.45) is 0 Å². The van der Waals surface area contributed by atoms with Gasteiger partial charge in [-0.3, -0.25) is 9.47 Å². The molecule has 2 aromatic rings. The summed E-state index contributed by atoms with van der Waals surface area (Å²) in [5, 5.41) is 10.1. The summed E-state index contributed by atoms with van der Waals surface area (Å²) in [6.45, 7) is 1.31. The SMILES string of the molecule is CN(CCn1c(=O)oc2ccccc21)C1CCCCC1O. The predicted molar refractivity (Wildman–Crippen MR) is 81.4 cm³/mol. The summed E-state index contributed by atoms with van der Waals surface area (Å²) in [4.78, 5) is 14.1. The van der Waals surface area contributed by atoms with Gasteiger partial charge in [0, 0.05) is 19.1 Å². The second kappa shape index (κ2) is 6.03. The first-order chi connectivity index (χ1) is 10.2. The van der Waals surface area contributed by atoms with Crippen molar-refractivity contribution in [3.63, 3.8) is 0 Å². The maximum absolute atomic E-state index is 11.9. The zero-order chi connectivity index (χ0) is 14.8. The summed E-state index contributed by atoms with van der Waals surface area (Å²) in [6, 6.07) is 7.67. The van der Waals surface area contributed by atoms with Gasteiger partial charge in [-0.2, -0.15) is 0 Å². The molecule has 5 nitrogen and oxygen atoms in total. The number of hydrogen-bond donors (Lipinski definition) is 1. The lowest BCUT2D eigenvalue weighted by Crippen LogP contribution is -2.44. The number of aliphatic hydroxyl groups is 1. The molecule has 2 atom stereocenters. The van der Waals surface area contributed by atoms with Gasteiger partial charge < -0.3 is 9.52 Å². The molecule has 1 aliphatic rings. The number of aromatic nitrogens is 1. The largest absolute Gasteiger partial charge is 0.419 e. The van der Waals surface area contributed by atoms with Gasteiger partial charge >= 0.3 is 5.76 Å². The van der Waals surface area contributed by atoms with Crippen LogP contribution in [-0.4, -0.2) is 40.3 Å². The molecule has 2 unspecified atom stereocenters. The molecule has 1 aliphatic carbocycles. The maximum atomic E-state index is 11.9. The Morgan fingerprint density at radius 1 is 1.33 bits per heavy atom. The Hall–Kier alpha value is -1.59. The van der Waals surface area contributed by atoms with E-state index in [1.807, 2.05) is 31.3 Å². The van der Waals surface area contributed by atoms with Gasteiger partial charge in [-0.25, -0.2) is 4.79 Å². The first-order valence-electron chi connectivity index (χ1n) is 7.63. The van der Waals surface area contributed by atoms with E-state index in [0.717, 1.165) is 31.3 Å². The number of likely N-dealkylation sites (N-methyl/N-ethyl adjacent to an activating group) is 1. The molecule has 0 radical (unpaired) electrons. The van der Waals surface area contributed by atoms with Gasteiger partial charge in [0.1, 0.15) is 0 Å². The molecular weight excluding hydrogens is 268 g/mol. The predicted octanol–water partition coefficient (Wildman–Crippen LogP) is 1.83. The molecule has 0 spiro atoms. The molecule has 114 valence electrons. The van der Waals surface area contributed by atoms with E-state index in [4.69, 9.17) is 4.42 Å². The molecule has 0 aliphatic heterocycles. The lowest BCUT2D eigenvalue weighted by atomic mass is 9.91. The standard InChI is InChI=1S/C16H22N2O3/c1-17(12-6-2-4-8-14(12)19)10-11-18-13-7-3-5-9-15(13)21-16(18)20/h3,5,7,9,12,14,19H,2,4,6,8,10-11H2,1H3. The Morgan fingerprint density at radius 2 is 2.10 bits per heavy atom. The number of aliphatic hydroxyl groups excluding tert-OH is 1. The first-order valence-corrected chi connectivity index (χ1v) is 7.63. The Labute approximate surface area is 123 Å². The summed E-state index contributed by atoms with van der Waals surface area (Å²) in [5.74, 6) is -0.311. The van der Waals surface area contributed by atoms with Crippen molar-refractivity contribution < 1.29 is 9.52 Å². The van der Waals surface area contributed by atoms with Crippen LogP contribution in [0.15, 0.2) is 33.5 Å². The average molecular weight is 290 g/mol. The fourth-order valence-electron chi connectivity index (χ4n) is 3.26. The van der Waals surface area contributed by atoms with E-state index >= 15 is 0 Å². The van der Waals surface area contributed by atoms with Crippen LogP contribution in [-0.2, 0) is 6.54 Å². The number of benzene rings is 1. The van der Waals surface area contributed by atoms with Crippen molar-refractivity contribution in [3.8, 4) is 0 Å². The highest BCUT2D eigenvalue weighted by Crippen LogP contribution is 2.22. The van der Waals surface area contributed by atoms with Gasteiger partial charge in [0.05, 0.1) is 11.6 Å². The highest BCUT2D eigenvalue weighted by molar-refractivity contribution is 5.72. The van der Waals surface area contributed by atoms with Crippen molar-refractivity contribution in [1.82, 2.24) is 9.47 Å². The molecule has 1 saturated carbocycles. The molecule has 1 fully saturated rings. The lowest BCUT2D eigenvalue weighted by molar-refractivity contribution is 0.0308. The number of rotatable bonds is 4. The molecule has 21 heavy (non-hydrogen) atoms. The van der Waals surface area contributed by atoms with Crippen LogP contribution in [0.5, 0.6) is 0 Å². The topological polar surface area (TPSA) is 58.6 Å². The van der Waals surface area contributed by atoms with Gasteiger partial charge in [0.2, 0.25) is 0 Å². The van der Waals surface area contributed by atoms with Gasteiger partial charge in [-0.1, -0.05) is 25.0 Å². The van der Waals surface area contributed by atoms with Crippen LogP contribution in [0.2, 0.25) is 0 Å². The quantitative estimate of drug-likeness (QED) is 0.933. The highest BCUT2D eigenvalue weighted by atomic mass is 16.4. The lowest BCUT2D eigenvalue weighted by Gasteiger charge is -2.35. The van der Waals surface area contributed by atoms with Crippen molar-refractivity contribution >= 4 is 11.1 Å². The number of para-hydroxylation sites is 2. The Morgan fingerprint density at radius 3 is 2.90 bits per heavy atom. The molecular formula is C16H22N2O3. The molecule has 0 bridgehead atoms. The van der Waals surface area contributed by atoms with Crippen LogP contribution in [0.4, 0.5) is 0 Å². The third-order valence-corrected chi connectivity index (χ3v) is 4.51. The molecule has 1 N–H and O–H groups in total. The average Bonchev–Trinajstić information content (AvgIpc) is 2.81. The van der Waals surface area contributed by atoms with E-state index in [-0.39, 0.29) is 17.9 Å². The molecule has 5 heteroatoms. The van der Waals surface area contributed by atoms with Crippen LogP contribution in [0, 0.1) is 0 Å². The zero-order valence-electron chi connectivity index (χ0n) is 12.4. The molecule has 0 saturated heterocycles. The van der Waals surface area contributed by atoms with Gasteiger partial charge in [-0.15, -0.1) is 0 Å². The Kier molecular flexibility index (Phi) is 4.12. The minimum absolute atomic E-state index is 0.201. The molecule has 1 aromatic carbocycles. The normalized spacial score (nSPS) is 23.0. The highest BCUT2D eigenvalue weighted by Gasteiger charge is 2.26. The molecule has 1 heterocycles. The summed E-state index contributed by atoms with van der Waals surface area (Å²) in [5.41, 5.74) is 1.46. The minimum atomic E-state index is -0.311. The fraction of sp³-hybridized carbons (Fsp3) is 0.562. The van der Waals surface area contributed by atoms with Crippen molar-refractivity contribution in [2.45, 2.75) is 44.4 Å². The van der Waals surface area contributed by atoms with E-state index in [1.165, 1.54) is 6.42 Å². The number of hydrogen-bond acceptors (Lipinski definition) is 4. The smallest absolute Gasteiger partial charge is 0.408 e. The maximum Gasteiger partial charge on any atom is 0.419 e. The monoisotopic (exact) mass is 290 g/mol. The number of fused-ring (bicyclic) bond motifs is 1. The molecule has 0 amide bonds. The Bertz CT molecular complexity index is 661. The molecule has 3 rings (SSSR count). The zero-order valence-corrected chi connectivity index (χ0v) is 12.4. The summed E-state index contributed by atoms with van der Waals surface area (Å²) in [7, 11) is 2.02. The van der Waals surface area contributed by atoms with E-state index in [9.17, 15) is 9.90 Å². The minimum Gasteiger partial charge on any atom is -0.408 e. The van der Waals surface area contributed by atoms with Gasteiger partial charge in [0.15, 0.2) is 5.58 Å². The van der Waals surface area contributed by atoms with Crippen LogP contribution in [0.1, 0.15) is 25.7 Å². The second-order valence-corrected chi connectivity index (χ2v) is 5.89. The van der Waals surface area contributed by atoms with E-state index in [2.05, 4.69) is 4.90 Å². The number of oxazole rings is 1. The summed E-state index contributed by atoms with van der Waals surface area (Å²) in [6.07, 6.45) is 3.93. The van der Waals surface area contributed by atoms with Crippen molar-refractivity contribution in [1.29, 1.82) is 0 Å². The van der Waals surface area contributed by atoms with Crippen molar-refractivity contribution in [3.05, 3.63) is 34.8 Å². The van der Waals surface area contributed by atoms with E-state index in [0.29, 0.717) is 12.1 Å². The fourth-order valence-corrected chi connectivity index (χ4v) is 3.26.